The van der Waals surface area contributed by atoms with Crippen LogP contribution in [0, 0.1) is 18.4 Å². The first-order chi connectivity index (χ1) is 18.3. The van der Waals surface area contributed by atoms with Crippen LogP contribution in [0.25, 0.3) is 11.0 Å². The molecular weight excluding hydrogens is 527 g/mol. The second-order valence-electron chi connectivity index (χ2n) is 9.10. The molecule has 1 atom stereocenters. The number of carbonyl (C=O) groups excluding carboxylic acids is 2. The molecule has 198 valence electrons. The minimum absolute atomic E-state index is 0.0634. The van der Waals surface area contributed by atoms with E-state index < -0.39 is 6.04 Å². The lowest BCUT2D eigenvalue weighted by Crippen LogP contribution is -2.44. The van der Waals surface area contributed by atoms with Gasteiger partial charge < -0.3 is 20.0 Å². The standard InChI is InChI=1S/C27H28Cl2N6O3/c1-17-10-19-13-22(5-6-24(19)38-17)33-27(32-16-30)34-23-4-2-3-9-35(26(23)37)15-25(36)31-8-7-18-11-20(28)14-21(29)12-18/h5-6,10-14,23H,2-4,7-9,15H2,1H3,(H,31,36)(H2,32,33,34). The van der Waals surface area contributed by atoms with E-state index in [4.69, 9.17) is 27.6 Å². The summed E-state index contributed by atoms with van der Waals surface area (Å²) in [4.78, 5) is 31.9. The summed E-state index contributed by atoms with van der Waals surface area (Å²) in [5.41, 5.74) is 2.36. The molecule has 4 rings (SSSR count). The second-order valence-corrected chi connectivity index (χ2v) is 9.97. The van der Waals surface area contributed by atoms with E-state index in [2.05, 4.69) is 20.9 Å². The average Bonchev–Trinajstić information content (AvgIpc) is 3.14. The number of hydrogen-bond acceptors (Lipinski definition) is 5. The minimum atomic E-state index is -0.720. The Kier molecular flexibility index (Phi) is 9.10. The van der Waals surface area contributed by atoms with Crippen molar-refractivity contribution in [1.29, 1.82) is 5.26 Å². The number of amides is 2. The Bertz CT molecular complexity index is 1380. The molecule has 38 heavy (non-hydrogen) atoms. The smallest absolute Gasteiger partial charge is 0.247 e. The maximum atomic E-state index is 13.3. The van der Waals surface area contributed by atoms with Gasteiger partial charge in [-0.15, -0.1) is 0 Å². The van der Waals surface area contributed by atoms with E-state index in [0.717, 1.165) is 35.1 Å². The molecule has 1 aromatic heterocycles. The number of carbonyl (C=O) groups is 2. The normalized spacial score (nSPS) is 16.2. The Hall–Kier alpha value is -3.74. The molecule has 0 spiro atoms. The molecule has 1 aliphatic heterocycles. The number of hydrogen-bond donors (Lipinski definition) is 3. The largest absolute Gasteiger partial charge is 0.461 e. The van der Waals surface area contributed by atoms with Crippen molar-refractivity contribution < 1.29 is 14.0 Å². The predicted molar refractivity (Wildman–Crippen MR) is 148 cm³/mol. The van der Waals surface area contributed by atoms with Crippen molar-refractivity contribution in [2.45, 2.75) is 38.6 Å². The van der Waals surface area contributed by atoms with Crippen LogP contribution in [0.2, 0.25) is 10.0 Å². The van der Waals surface area contributed by atoms with Gasteiger partial charge in [-0.1, -0.05) is 23.2 Å². The highest BCUT2D eigenvalue weighted by atomic mass is 35.5. The van der Waals surface area contributed by atoms with Crippen molar-refractivity contribution in [2.24, 2.45) is 4.99 Å². The SMILES string of the molecule is Cc1cc2cc(NC(=NC3CCCCN(CC(=O)NCCc4cc(Cl)cc(Cl)c4)C3=O)NC#N)ccc2o1. The van der Waals surface area contributed by atoms with Crippen LogP contribution >= 0.6 is 23.2 Å². The Morgan fingerprint density at radius 1 is 1.18 bits per heavy atom. The number of fused-ring (bicyclic) bond motifs is 1. The van der Waals surface area contributed by atoms with Crippen LogP contribution in [0.3, 0.4) is 0 Å². The van der Waals surface area contributed by atoms with Gasteiger partial charge in [0.2, 0.25) is 17.8 Å². The Morgan fingerprint density at radius 2 is 1.97 bits per heavy atom. The molecule has 9 nitrogen and oxygen atoms in total. The summed E-state index contributed by atoms with van der Waals surface area (Å²) in [7, 11) is 0. The van der Waals surface area contributed by atoms with Crippen LogP contribution < -0.4 is 16.0 Å². The Morgan fingerprint density at radius 3 is 2.74 bits per heavy atom. The van der Waals surface area contributed by atoms with Gasteiger partial charge in [-0.3, -0.25) is 14.9 Å². The lowest BCUT2D eigenvalue weighted by atomic mass is 10.1. The molecule has 11 heteroatoms. The van der Waals surface area contributed by atoms with E-state index in [9.17, 15) is 14.9 Å². The Balaban J connectivity index is 1.38. The zero-order chi connectivity index (χ0) is 27.1. The summed E-state index contributed by atoms with van der Waals surface area (Å²) >= 11 is 12.1. The first-order valence-corrected chi connectivity index (χ1v) is 13.1. The van der Waals surface area contributed by atoms with Crippen LogP contribution in [-0.2, 0) is 16.0 Å². The van der Waals surface area contributed by atoms with Gasteiger partial charge in [0.05, 0.1) is 6.54 Å². The fourth-order valence-electron chi connectivity index (χ4n) is 4.39. The molecule has 2 amide bonds. The predicted octanol–water partition coefficient (Wildman–Crippen LogP) is 4.63. The van der Waals surface area contributed by atoms with Gasteiger partial charge in [0.25, 0.3) is 0 Å². The van der Waals surface area contributed by atoms with Crippen LogP contribution in [0.4, 0.5) is 5.69 Å². The maximum Gasteiger partial charge on any atom is 0.247 e. The number of likely N-dealkylation sites (tertiary alicyclic amines) is 1. The zero-order valence-electron chi connectivity index (χ0n) is 20.9. The quantitative estimate of drug-likeness (QED) is 0.169. The number of halogens is 2. The molecule has 0 saturated carbocycles. The van der Waals surface area contributed by atoms with E-state index >= 15 is 0 Å². The van der Waals surface area contributed by atoms with E-state index in [-0.39, 0.29) is 24.3 Å². The average molecular weight is 555 g/mol. The van der Waals surface area contributed by atoms with Crippen molar-refractivity contribution in [3.05, 3.63) is 63.8 Å². The van der Waals surface area contributed by atoms with Crippen LogP contribution in [0.5, 0.6) is 0 Å². The molecule has 1 unspecified atom stereocenters. The van der Waals surface area contributed by atoms with E-state index in [1.165, 1.54) is 4.90 Å². The van der Waals surface area contributed by atoms with Crippen molar-refractivity contribution in [3.8, 4) is 6.19 Å². The fraction of sp³-hybridized carbons (Fsp3) is 0.333. The molecule has 3 N–H and O–H groups in total. The lowest BCUT2D eigenvalue weighted by Gasteiger charge is -2.22. The first-order valence-electron chi connectivity index (χ1n) is 12.3. The van der Waals surface area contributed by atoms with Crippen LogP contribution in [0.15, 0.2) is 51.9 Å². The van der Waals surface area contributed by atoms with Gasteiger partial charge in [0.15, 0.2) is 6.19 Å². The molecule has 0 bridgehead atoms. The Labute approximate surface area is 230 Å². The maximum absolute atomic E-state index is 13.3. The second kappa shape index (κ2) is 12.7. The summed E-state index contributed by atoms with van der Waals surface area (Å²) in [5.74, 6) is 0.452. The molecule has 2 heterocycles. The van der Waals surface area contributed by atoms with Crippen molar-refractivity contribution in [3.63, 3.8) is 0 Å². The van der Waals surface area contributed by atoms with Crippen LogP contribution in [-0.4, -0.2) is 48.3 Å². The topological polar surface area (TPSA) is 123 Å². The highest BCUT2D eigenvalue weighted by Crippen LogP contribution is 2.23. The molecule has 3 aromatic rings. The number of nitrogens with one attached hydrogen (secondary N) is 3. The molecule has 0 aliphatic carbocycles. The van der Waals surface area contributed by atoms with Gasteiger partial charge in [0, 0.05) is 34.2 Å². The number of rotatable bonds is 7. The van der Waals surface area contributed by atoms with Crippen LogP contribution in [0.1, 0.15) is 30.6 Å². The molecule has 0 radical (unpaired) electrons. The fourth-order valence-corrected chi connectivity index (χ4v) is 4.96. The van der Waals surface area contributed by atoms with Gasteiger partial charge in [0.1, 0.15) is 17.4 Å². The summed E-state index contributed by atoms with van der Waals surface area (Å²) < 4.78 is 5.61. The lowest BCUT2D eigenvalue weighted by molar-refractivity contribution is -0.136. The number of nitrogens with zero attached hydrogens (tertiary/aromatic N) is 3. The zero-order valence-corrected chi connectivity index (χ0v) is 22.4. The summed E-state index contributed by atoms with van der Waals surface area (Å²) in [6.07, 6.45) is 4.48. The number of nitriles is 1. The van der Waals surface area contributed by atoms with Crippen molar-refractivity contribution in [2.75, 3.05) is 25.0 Å². The highest BCUT2D eigenvalue weighted by Gasteiger charge is 2.28. The van der Waals surface area contributed by atoms with E-state index in [0.29, 0.717) is 41.7 Å². The summed E-state index contributed by atoms with van der Waals surface area (Å²) in [6.45, 7) is 2.66. The minimum Gasteiger partial charge on any atom is -0.461 e. The number of guanidine groups is 1. The monoisotopic (exact) mass is 554 g/mol. The molecule has 1 fully saturated rings. The third kappa shape index (κ3) is 7.40. The summed E-state index contributed by atoms with van der Waals surface area (Å²) in [5, 5.41) is 19.7. The van der Waals surface area contributed by atoms with Crippen molar-refractivity contribution >= 4 is 57.6 Å². The number of anilines is 1. The van der Waals surface area contributed by atoms with E-state index in [1.54, 1.807) is 18.2 Å². The molecular formula is C27H28Cl2N6O3. The molecule has 1 aliphatic rings. The highest BCUT2D eigenvalue weighted by molar-refractivity contribution is 6.34. The van der Waals surface area contributed by atoms with Gasteiger partial charge in [-0.25, -0.2) is 4.99 Å². The van der Waals surface area contributed by atoms with Gasteiger partial charge in [-0.05, 0) is 80.6 Å². The molecule has 2 aromatic carbocycles. The van der Waals surface area contributed by atoms with Gasteiger partial charge in [-0.2, -0.15) is 5.26 Å². The first kappa shape index (κ1) is 27.3. The van der Waals surface area contributed by atoms with E-state index in [1.807, 2.05) is 37.4 Å². The van der Waals surface area contributed by atoms with Gasteiger partial charge >= 0.3 is 0 Å². The number of benzene rings is 2. The number of aliphatic imine (C=N–C) groups is 1. The third-order valence-corrected chi connectivity index (χ3v) is 6.54. The molecule has 1 saturated heterocycles. The summed E-state index contributed by atoms with van der Waals surface area (Å²) in [6, 6.07) is 12.0. The van der Waals surface area contributed by atoms with Crippen molar-refractivity contribution in [1.82, 2.24) is 15.5 Å². The third-order valence-electron chi connectivity index (χ3n) is 6.11. The number of furan rings is 1. The number of aryl methyl sites for hydroxylation is 1.